The molecule has 5 rings (SSSR count). The lowest BCUT2D eigenvalue weighted by Crippen LogP contribution is -2.35. The molecule has 0 N–H and O–H groups in total. The van der Waals surface area contributed by atoms with Crippen molar-refractivity contribution < 1.29 is 13.7 Å². The molecule has 2 aliphatic rings. The molecular formula is C21H21N3O3. The van der Waals surface area contributed by atoms with Gasteiger partial charge in [-0.3, -0.25) is 4.79 Å². The van der Waals surface area contributed by atoms with Crippen LogP contribution in [0.3, 0.4) is 0 Å². The summed E-state index contributed by atoms with van der Waals surface area (Å²) in [7, 11) is 0. The molecule has 138 valence electrons. The molecule has 6 heteroatoms. The predicted octanol–water partition coefficient (Wildman–Crippen LogP) is 3.52. The van der Waals surface area contributed by atoms with E-state index in [2.05, 4.69) is 22.3 Å². The van der Waals surface area contributed by atoms with Crippen LogP contribution < -0.4 is 0 Å². The Labute approximate surface area is 157 Å². The molecule has 27 heavy (non-hydrogen) atoms. The third-order valence-electron chi connectivity index (χ3n) is 5.26. The van der Waals surface area contributed by atoms with Crippen LogP contribution in [0.15, 0.2) is 45.3 Å². The summed E-state index contributed by atoms with van der Waals surface area (Å²) in [5.41, 5.74) is 3.03. The van der Waals surface area contributed by atoms with Crippen LogP contribution in [0.25, 0.3) is 0 Å². The number of nitrogens with zero attached hydrogens (tertiary/aromatic N) is 3. The van der Waals surface area contributed by atoms with Crippen molar-refractivity contribution in [2.24, 2.45) is 0 Å². The van der Waals surface area contributed by atoms with E-state index in [0.717, 1.165) is 48.7 Å². The highest BCUT2D eigenvalue weighted by Crippen LogP contribution is 2.39. The number of fused-ring (bicyclic) bond motifs is 1. The lowest BCUT2D eigenvalue weighted by atomic mass is 10.1. The molecule has 3 aromatic rings. The summed E-state index contributed by atoms with van der Waals surface area (Å²) in [5, 5.41) is 4.04. The smallest absolute Gasteiger partial charge is 0.292 e. The number of hydrogen-bond donors (Lipinski definition) is 0. The van der Waals surface area contributed by atoms with Crippen LogP contribution >= 0.6 is 0 Å². The molecule has 1 aromatic carbocycles. The number of hydrogen-bond acceptors (Lipinski definition) is 5. The van der Waals surface area contributed by atoms with Gasteiger partial charge in [-0.05, 0) is 24.8 Å². The summed E-state index contributed by atoms with van der Waals surface area (Å²) in [5.74, 6) is 2.33. The molecule has 0 unspecified atom stereocenters. The zero-order chi connectivity index (χ0) is 18.2. The van der Waals surface area contributed by atoms with Crippen LogP contribution in [-0.4, -0.2) is 27.5 Å². The number of aryl methyl sites for hydroxylation is 2. The molecule has 1 saturated carbocycles. The topological polar surface area (TPSA) is 72.4 Å². The van der Waals surface area contributed by atoms with Crippen LogP contribution in [0.4, 0.5) is 0 Å². The van der Waals surface area contributed by atoms with Gasteiger partial charge in [-0.1, -0.05) is 35.5 Å². The minimum atomic E-state index is -0.117. The van der Waals surface area contributed by atoms with Crippen molar-refractivity contribution in [3.63, 3.8) is 0 Å². The molecule has 0 atom stereocenters. The van der Waals surface area contributed by atoms with Crippen molar-refractivity contribution in [3.05, 3.63) is 70.8 Å². The Morgan fingerprint density at radius 2 is 2.04 bits per heavy atom. The second-order valence-electron chi connectivity index (χ2n) is 7.33. The van der Waals surface area contributed by atoms with Gasteiger partial charge in [-0.25, -0.2) is 4.98 Å². The van der Waals surface area contributed by atoms with E-state index in [1.54, 1.807) is 11.0 Å². The van der Waals surface area contributed by atoms with Crippen molar-refractivity contribution in [1.82, 2.24) is 15.0 Å². The van der Waals surface area contributed by atoms with Crippen LogP contribution in [0.2, 0.25) is 0 Å². The van der Waals surface area contributed by atoms with Crippen LogP contribution in [0.5, 0.6) is 0 Å². The monoisotopic (exact) mass is 363 g/mol. The Bertz CT molecular complexity index is 956. The van der Waals surface area contributed by atoms with E-state index in [9.17, 15) is 4.79 Å². The van der Waals surface area contributed by atoms with E-state index in [1.807, 2.05) is 18.2 Å². The first-order valence-corrected chi connectivity index (χ1v) is 9.53. The number of oxazole rings is 1. The minimum Gasteiger partial charge on any atom is -0.445 e. The SMILES string of the molecule is O=C(c1cc(C2CC2)no1)N1CCc2oc(CCc3ccccc3)nc2C1. The van der Waals surface area contributed by atoms with Gasteiger partial charge >= 0.3 is 0 Å². The van der Waals surface area contributed by atoms with Gasteiger partial charge in [0.05, 0.1) is 12.2 Å². The molecule has 1 fully saturated rings. The van der Waals surface area contributed by atoms with E-state index in [4.69, 9.17) is 8.94 Å². The molecule has 3 heterocycles. The maximum Gasteiger partial charge on any atom is 0.292 e. The zero-order valence-electron chi connectivity index (χ0n) is 15.1. The fourth-order valence-electron chi connectivity index (χ4n) is 3.55. The fourth-order valence-corrected chi connectivity index (χ4v) is 3.55. The molecule has 6 nitrogen and oxygen atoms in total. The lowest BCUT2D eigenvalue weighted by molar-refractivity contribution is 0.0685. The van der Waals surface area contributed by atoms with Crippen molar-refractivity contribution in [2.45, 2.75) is 44.6 Å². The van der Waals surface area contributed by atoms with Gasteiger partial charge in [0.2, 0.25) is 5.76 Å². The number of carbonyl (C=O) groups is 1. The number of rotatable bonds is 5. The van der Waals surface area contributed by atoms with Gasteiger partial charge < -0.3 is 13.8 Å². The molecule has 0 spiro atoms. The summed E-state index contributed by atoms with van der Waals surface area (Å²) in [6, 6.07) is 12.1. The molecular weight excluding hydrogens is 342 g/mol. The first-order chi connectivity index (χ1) is 13.3. The van der Waals surface area contributed by atoms with Crippen molar-refractivity contribution in [2.75, 3.05) is 6.54 Å². The summed E-state index contributed by atoms with van der Waals surface area (Å²) < 4.78 is 11.2. The van der Waals surface area contributed by atoms with Crippen molar-refractivity contribution in [3.8, 4) is 0 Å². The maximum absolute atomic E-state index is 12.7. The Kier molecular flexibility index (Phi) is 4.03. The Morgan fingerprint density at radius 3 is 2.85 bits per heavy atom. The number of amides is 1. The van der Waals surface area contributed by atoms with Gasteiger partial charge in [0.1, 0.15) is 11.5 Å². The van der Waals surface area contributed by atoms with E-state index in [0.29, 0.717) is 31.2 Å². The van der Waals surface area contributed by atoms with Gasteiger partial charge in [0, 0.05) is 31.4 Å². The van der Waals surface area contributed by atoms with E-state index >= 15 is 0 Å². The third kappa shape index (κ3) is 3.39. The normalized spacial score (nSPS) is 16.4. The van der Waals surface area contributed by atoms with E-state index in [-0.39, 0.29) is 5.91 Å². The average Bonchev–Trinajstić information content (AvgIpc) is 3.29. The van der Waals surface area contributed by atoms with Crippen molar-refractivity contribution in [1.29, 1.82) is 0 Å². The molecule has 0 bridgehead atoms. The third-order valence-corrected chi connectivity index (χ3v) is 5.26. The summed E-state index contributed by atoms with van der Waals surface area (Å²) in [6.45, 7) is 1.07. The molecule has 0 radical (unpaired) electrons. The van der Waals surface area contributed by atoms with Crippen molar-refractivity contribution >= 4 is 5.91 Å². The van der Waals surface area contributed by atoms with Gasteiger partial charge in [-0.15, -0.1) is 0 Å². The summed E-state index contributed by atoms with van der Waals surface area (Å²) in [4.78, 5) is 19.1. The van der Waals surface area contributed by atoms with Gasteiger partial charge in [0.15, 0.2) is 5.89 Å². The molecule has 1 amide bonds. The van der Waals surface area contributed by atoms with E-state index in [1.165, 1.54) is 5.56 Å². The second-order valence-corrected chi connectivity index (χ2v) is 7.33. The predicted molar refractivity (Wildman–Crippen MR) is 97.3 cm³/mol. The van der Waals surface area contributed by atoms with Gasteiger partial charge in [0.25, 0.3) is 5.91 Å². The maximum atomic E-state index is 12.7. The highest BCUT2D eigenvalue weighted by Gasteiger charge is 2.31. The summed E-state index contributed by atoms with van der Waals surface area (Å²) >= 11 is 0. The Balaban J connectivity index is 1.25. The van der Waals surface area contributed by atoms with Gasteiger partial charge in [-0.2, -0.15) is 0 Å². The zero-order valence-corrected chi connectivity index (χ0v) is 15.1. The fraction of sp³-hybridized carbons (Fsp3) is 0.381. The molecule has 2 aromatic heterocycles. The average molecular weight is 363 g/mol. The highest BCUT2D eigenvalue weighted by atomic mass is 16.5. The lowest BCUT2D eigenvalue weighted by Gasteiger charge is -2.23. The standard InChI is InChI=1S/C21H21N3O3/c25-21(19-12-16(23-27-19)15-7-8-15)24-11-10-18-17(13-24)22-20(26-18)9-6-14-4-2-1-3-5-14/h1-5,12,15H,6-11,13H2. The number of carbonyl (C=O) groups excluding carboxylic acids is 1. The molecule has 1 aliphatic carbocycles. The summed E-state index contributed by atoms with van der Waals surface area (Å²) in [6.07, 6.45) is 4.61. The molecule has 0 saturated heterocycles. The number of aromatic nitrogens is 2. The Hall–Kier alpha value is -2.89. The number of benzene rings is 1. The second kappa shape index (κ2) is 6.68. The van der Waals surface area contributed by atoms with Crippen LogP contribution in [0.1, 0.15) is 57.9 Å². The minimum absolute atomic E-state index is 0.117. The largest absolute Gasteiger partial charge is 0.445 e. The van der Waals surface area contributed by atoms with E-state index < -0.39 is 0 Å². The Morgan fingerprint density at radius 1 is 1.19 bits per heavy atom. The molecule has 1 aliphatic heterocycles. The quantitative estimate of drug-likeness (QED) is 0.693. The van der Waals surface area contributed by atoms with Crippen LogP contribution in [-0.2, 0) is 25.8 Å². The highest BCUT2D eigenvalue weighted by molar-refractivity contribution is 5.91. The first-order valence-electron chi connectivity index (χ1n) is 9.53. The first kappa shape index (κ1) is 16.3. The van der Waals surface area contributed by atoms with Crippen LogP contribution in [0, 0.1) is 0 Å².